The van der Waals surface area contributed by atoms with Crippen LogP contribution in [0.5, 0.6) is 5.75 Å². The number of halogens is 1. The van der Waals surface area contributed by atoms with Crippen LogP contribution in [0.1, 0.15) is 23.7 Å². The first kappa shape index (κ1) is 12.8. The monoisotopic (exact) mass is 280 g/mol. The number of amides is 1. The van der Waals surface area contributed by atoms with Crippen molar-refractivity contribution in [1.82, 2.24) is 10.2 Å². The zero-order chi connectivity index (χ0) is 13.6. The molecule has 1 aromatic carbocycles. The molecule has 2 aliphatic rings. The summed E-state index contributed by atoms with van der Waals surface area (Å²) in [7, 11) is 0. The van der Waals surface area contributed by atoms with Crippen molar-refractivity contribution < 1.29 is 9.90 Å². The van der Waals surface area contributed by atoms with Crippen molar-refractivity contribution in [2.24, 2.45) is 5.92 Å². The molecule has 1 aromatic rings. The maximum Gasteiger partial charge on any atom is 0.256 e. The molecule has 2 heterocycles. The molecule has 5 heteroatoms. The van der Waals surface area contributed by atoms with E-state index < -0.39 is 0 Å². The van der Waals surface area contributed by atoms with E-state index in [0.29, 0.717) is 16.5 Å². The zero-order valence-corrected chi connectivity index (χ0v) is 11.5. The van der Waals surface area contributed by atoms with Gasteiger partial charge in [-0.05, 0) is 37.5 Å². The minimum absolute atomic E-state index is 0.0701. The molecule has 2 N–H and O–H groups in total. The lowest BCUT2D eigenvalue weighted by molar-refractivity contribution is 0.0682. The molecule has 2 fully saturated rings. The number of carbonyl (C=O) groups is 1. The van der Waals surface area contributed by atoms with E-state index in [2.05, 4.69) is 12.2 Å². The van der Waals surface area contributed by atoms with Gasteiger partial charge in [0.25, 0.3) is 5.91 Å². The van der Waals surface area contributed by atoms with Crippen LogP contribution in [0.25, 0.3) is 0 Å². The van der Waals surface area contributed by atoms with E-state index in [1.165, 1.54) is 12.1 Å². The Hall–Kier alpha value is -1.26. The molecule has 102 valence electrons. The van der Waals surface area contributed by atoms with Gasteiger partial charge >= 0.3 is 0 Å². The molecule has 4 nitrogen and oxygen atoms in total. The van der Waals surface area contributed by atoms with Crippen molar-refractivity contribution in [3.63, 3.8) is 0 Å². The third-order valence-electron chi connectivity index (χ3n) is 4.20. The van der Waals surface area contributed by atoms with Gasteiger partial charge < -0.3 is 15.3 Å². The topological polar surface area (TPSA) is 52.6 Å². The highest BCUT2D eigenvalue weighted by atomic mass is 35.5. The fourth-order valence-corrected chi connectivity index (χ4v) is 3.53. The summed E-state index contributed by atoms with van der Waals surface area (Å²) in [5.41, 5.74) is 0.390. The maximum absolute atomic E-state index is 12.7. The lowest BCUT2D eigenvalue weighted by Gasteiger charge is -2.28. The molecule has 3 atom stereocenters. The van der Waals surface area contributed by atoms with E-state index in [9.17, 15) is 9.90 Å². The lowest BCUT2D eigenvalue weighted by Crippen LogP contribution is -2.42. The van der Waals surface area contributed by atoms with Crippen molar-refractivity contribution in [3.05, 3.63) is 28.8 Å². The number of rotatable bonds is 1. The van der Waals surface area contributed by atoms with Crippen molar-refractivity contribution in [2.45, 2.75) is 25.4 Å². The average Bonchev–Trinajstić information content (AvgIpc) is 2.91. The van der Waals surface area contributed by atoms with Crippen LogP contribution in [0, 0.1) is 5.92 Å². The first-order chi connectivity index (χ1) is 9.08. The number of likely N-dealkylation sites (tertiary alicyclic amines) is 1. The minimum atomic E-state index is -0.0791. The van der Waals surface area contributed by atoms with Crippen LogP contribution in [0.2, 0.25) is 5.02 Å². The molecule has 3 rings (SSSR count). The van der Waals surface area contributed by atoms with Crippen LogP contribution in [-0.4, -0.2) is 41.1 Å². The summed E-state index contributed by atoms with van der Waals surface area (Å²) < 4.78 is 0. The standard InChI is InChI=1S/C14H17ClN2O2/c1-8-4-9-6-16-7-13(9)17(8)14(19)11-5-10(18)2-3-12(11)15/h2-3,5,8-9,13,16,18H,4,6-7H2,1H3. The van der Waals surface area contributed by atoms with Crippen LogP contribution in [-0.2, 0) is 0 Å². The zero-order valence-electron chi connectivity index (χ0n) is 10.8. The van der Waals surface area contributed by atoms with Gasteiger partial charge in [0.1, 0.15) is 5.75 Å². The fraction of sp³-hybridized carbons (Fsp3) is 0.500. The Labute approximate surface area is 117 Å². The maximum atomic E-state index is 12.7. The molecule has 0 radical (unpaired) electrons. The molecule has 0 saturated carbocycles. The highest BCUT2D eigenvalue weighted by Crippen LogP contribution is 2.34. The quantitative estimate of drug-likeness (QED) is 0.826. The predicted molar refractivity (Wildman–Crippen MR) is 73.5 cm³/mol. The van der Waals surface area contributed by atoms with Gasteiger partial charge in [0.15, 0.2) is 0 Å². The molecule has 0 aliphatic carbocycles. The highest BCUT2D eigenvalue weighted by Gasteiger charge is 2.44. The second-order valence-electron chi connectivity index (χ2n) is 5.45. The predicted octanol–water partition coefficient (Wildman–Crippen LogP) is 1.87. The third-order valence-corrected chi connectivity index (χ3v) is 4.52. The molecule has 19 heavy (non-hydrogen) atoms. The van der Waals surface area contributed by atoms with Gasteiger partial charge in [0.2, 0.25) is 0 Å². The van der Waals surface area contributed by atoms with Crippen molar-refractivity contribution in [3.8, 4) is 5.75 Å². The summed E-state index contributed by atoms with van der Waals surface area (Å²) in [5.74, 6) is 0.528. The highest BCUT2D eigenvalue weighted by molar-refractivity contribution is 6.33. The molecule has 0 aromatic heterocycles. The number of nitrogens with one attached hydrogen (secondary N) is 1. The summed E-state index contributed by atoms with van der Waals surface area (Å²) in [6.07, 6.45) is 1.03. The second kappa shape index (κ2) is 4.69. The number of aromatic hydroxyl groups is 1. The number of fused-ring (bicyclic) bond motifs is 1. The van der Waals surface area contributed by atoms with Crippen LogP contribution in [0.3, 0.4) is 0 Å². The molecule has 0 bridgehead atoms. The Morgan fingerprint density at radius 2 is 2.26 bits per heavy atom. The van der Waals surface area contributed by atoms with Gasteiger partial charge in [-0.2, -0.15) is 0 Å². The number of phenols is 1. The minimum Gasteiger partial charge on any atom is -0.508 e. The number of hydrogen-bond acceptors (Lipinski definition) is 3. The number of benzene rings is 1. The number of nitrogens with zero attached hydrogens (tertiary/aromatic N) is 1. The fourth-order valence-electron chi connectivity index (χ4n) is 3.33. The van der Waals surface area contributed by atoms with Crippen LogP contribution in [0.4, 0.5) is 0 Å². The van der Waals surface area contributed by atoms with Gasteiger partial charge in [-0.1, -0.05) is 11.6 Å². The summed E-state index contributed by atoms with van der Waals surface area (Å²) >= 11 is 6.09. The largest absolute Gasteiger partial charge is 0.508 e. The molecular formula is C14H17ClN2O2. The average molecular weight is 281 g/mol. The van der Waals surface area contributed by atoms with Gasteiger partial charge in [0, 0.05) is 25.2 Å². The molecule has 2 aliphatic heterocycles. The summed E-state index contributed by atoms with van der Waals surface area (Å²) in [6.45, 7) is 3.90. The van der Waals surface area contributed by atoms with E-state index in [1.54, 1.807) is 6.07 Å². The summed E-state index contributed by atoms with van der Waals surface area (Å²) in [5, 5.41) is 13.3. The molecule has 0 spiro atoms. The van der Waals surface area contributed by atoms with Gasteiger partial charge in [-0.25, -0.2) is 0 Å². The van der Waals surface area contributed by atoms with Crippen molar-refractivity contribution >= 4 is 17.5 Å². The van der Waals surface area contributed by atoms with Crippen LogP contribution >= 0.6 is 11.6 Å². The normalized spacial score (nSPS) is 29.6. The number of carbonyl (C=O) groups excluding carboxylic acids is 1. The van der Waals surface area contributed by atoms with Crippen molar-refractivity contribution in [2.75, 3.05) is 13.1 Å². The number of phenolic OH excluding ortho intramolecular Hbond substituents is 1. The first-order valence-electron chi connectivity index (χ1n) is 6.60. The summed E-state index contributed by atoms with van der Waals surface area (Å²) in [4.78, 5) is 14.6. The molecule has 1 amide bonds. The Morgan fingerprint density at radius 1 is 1.47 bits per heavy atom. The van der Waals surface area contributed by atoms with E-state index in [0.717, 1.165) is 19.5 Å². The SMILES string of the molecule is CC1CC2CNCC2N1C(=O)c1cc(O)ccc1Cl. The van der Waals surface area contributed by atoms with E-state index in [1.807, 2.05) is 4.90 Å². The molecule has 3 unspecified atom stereocenters. The van der Waals surface area contributed by atoms with Gasteiger partial charge in [0.05, 0.1) is 10.6 Å². The molecular weight excluding hydrogens is 264 g/mol. The Bertz CT molecular complexity index is 520. The Kier molecular flexibility index (Phi) is 3.15. The molecule has 2 saturated heterocycles. The Morgan fingerprint density at radius 3 is 3.05 bits per heavy atom. The Balaban J connectivity index is 1.93. The van der Waals surface area contributed by atoms with Crippen LogP contribution in [0.15, 0.2) is 18.2 Å². The lowest BCUT2D eigenvalue weighted by atomic mass is 10.0. The van der Waals surface area contributed by atoms with Crippen LogP contribution < -0.4 is 5.32 Å². The smallest absolute Gasteiger partial charge is 0.256 e. The number of hydrogen-bond donors (Lipinski definition) is 2. The summed E-state index contributed by atoms with van der Waals surface area (Å²) in [6, 6.07) is 4.98. The van der Waals surface area contributed by atoms with E-state index in [4.69, 9.17) is 11.6 Å². The third kappa shape index (κ3) is 2.09. The second-order valence-corrected chi connectivity index (χ2v) is 5.85. The van der Waals surface area contributed by atoms with Crippen molar-refractivity contribution in [1.29, 1.82) is 0 Å². The first-order valence-corrected chi connectivity index (χ1v) is 6.97. The van der Waals surface area contributed by atoms with Gasteiger partial charge in [-0.15, -0.1) is 0 Å². The van der Waals surface area contributed by atoms with Gasteiger partial charge in [-0.3, -0.25) is 4.79 Å². The van der Waals surface area contributed by atoms with E-state index >= 15 is 0 Å². The van der Waals surface area contributed by atoms with E-state index in [-0.39, 0.29) is 23.7 Å².